The molecule has 2 N–H and O–H groups in total. The van der Waals surface area contributed by atoms with Crippen LogP contribution < -0.4 is 10.6 Å². The third kappa shape index (κ3) is 8.66. The minimum atomic E-state index is -0.822. The minimum absolute atomic E-state index is 0.0374. The molecule has 1 aromatic rings. The van der Waals surface area contributed by atoms with Crippen molar-refractivity contribution in [2.45, 2.75) is 104 Å². The summed E-state index contributed by atoms with van der Waals surface area (Å²) in [7, 11) is 5.29. The fourth-order valence-electron chi connectivity index (χ4n) is 6.99. The van der Waals surface area contributed by atoms with Crippen molar-refractivity contribution in [2.75, 3.05) is 34.2 Å². The van der Waals surface area contributed by atoms with E-state index in [0.717, 1.165) is 12.0 Å². The van der Waals surface area contributed by atoms with Gasteiger partial charge in [-0.25, -0.2) is 0 Å². The quantitative estimate of drug-likeness (QED) is 0.342. The Kier molecular flexibility index (Phi) is 13.2. The van der Waals surface area contributed by atoms with Gasteiger partial charge in [0.05, 0.1) is 6.04 Å². The van der Waals surface area contributed by atoms with Crippen molar-refractivity contribution in [1.82, 2.24) is 30.2 Å². The fourth-order valence-corrected chi connectivity index (χ4v) is 6.99. The summed E-state index contributed by atoms with van der Waals surface area (Å²) in [6, 6.07) is 6.32. The van der Waals surface area contributed by atoms with E-state index >= 15 is 0 Å². The summed E-state index contributed by atoms with van der Waals surface area (Å²) in [5, 5.41) is 5.94. The van der Waals surface area contributed by atoms with Gasteiger partial charge in [0.2, 0.25) is 29.5 Å². The summed E-state index contributed by atoms with van der Waals surface area (Å²) in [6.07, 6.45) is 2.46. The molecule has 2 aliphatic heterocycles. The zero-order chi connectivity index (χ0) is 34.3. The lowest BCUT2D eigenvalue weighted by atomic mass is 9.96. The summed E-state index contributed by atoms with van der Waals surface area (Å²) < 4.78 is 0. The molecule has 1 aromatic carbocycles. The number of rotatable bonds is 13. The Labute approximate surface area is 275 Å². The molecule has 0 aromatic heterocycles. The predicted molar refractivity (Wildman–Crippen MR) is 178 cm³/mol. The third-order valence-corrected chi connectivity index (χ3v) is 9.31. The zero-order valence-electron chi connectivity index (χ0n) is 29.3. The topological polar surface area (TPSA) is 122 Å². The van der Waals surface area contributed by atoms with Crippen molar-refractivity contribution in [1.29, 1.82) is 0 Å². The number of likely N-dealkylation sites (tertiary alicyclic amines) is 2. The standard InChI is InChI=1S/C35H56N6O5/c1-22(2)28(37-32(43)29(23(3)4)38(7)8)34(45)39(9)30(24(5)6)35(46)41-20-14-18-27(41)33(44)40-19-13-17-26(40)31(42)36-21-25-15-11-10-12-16-25/h10-12,15-16,22-24,26-30H,13-14,17-21H2,1-9H3,(H,36,42)(H,37,43)/t26-,27-,28-,29-,30-/m1/s1. The van der Waals surface area contributed by atoms with Crippen LogP contribution in [-0.4, -0.2) is 114 Å². The van der Waals surface area contributed by atoms with Gasteiger partial charge in [-0.2, -0.15) is 0 Å². The van der Waals surface area contributed by atoms with Gasteiger partial charge in [0, 0.05) is 26.7 Å². The van der Waals surface area contributed by atoms with Crippen molar-refractivity contribution in [3.63, 3.8) is 0 Å². The first-order valence-electron chi connectivity index (χ1n) is 16.8. The minimum Gasteiger partial charge on any atom is -0.350 e. The van der Waals surface area contributed by atoms with Crippen molar-refractivity contribution in [2.24, 2.45) is 17.8 Å². The van der Waals surface area contributed by atoms with Crippen molar-refractivity contribution in [3.05, 3.63) is 35.9 Å². The summed E-state index contributed by atoms with van der Waals surface area (Å²) >= 11 is 0. The molecule has 46 heavy (non-hydrogen) atoms. The smallest absolute Gasteiger partial charge is 0.246 e. The van der Waals surface area contributed by atoms with E-state index in [1.807, 2.05) is 90.9 Å². The van der Waals surface area contributed by atoms with Crippen LogP contribution in [0, 0.1) is 17.8 Å². The number of carbonyl (C=O) groups excluding carboxylic acids is 5. The maximum absolute atomic E-state index is 14.2. The SMILES string of the molecule is CC(C)[C@@H](NC(=O)[C@@H](C(C)C)N(C)C)C(=O)N(C)[C@@H](C(=O)N1CCC[C@@H]1C(=O)N1CCC[C@@H]1C(=O)NCc1ccccc1)C(C)C. The third-order valence-electron chi connectivity index (χ3n) is 9.31. The van der Waals surface area contributed by atoms with Gasteiger partial charge in [-0.05, 0) is 63.1 Å². The number of nitrogens with one attached hydrogen (secondary N) is 2. The molecule has 2 fully saturated rings. The van der Waals surface area contributed by atoms with E-state index in [2.05, 4.69) is 10.6 Å². The monoisotopic (exact) mass is 640 g/mol. The molecular formula is C35H56N6O5. The van der Waals surface area contributed by atoms with Gasteiger partial charge in [0.15, 0.2) is 0 Å². The highest BCUT2D eigenvalue weighted by Crippen LogP contribution is 2.28. The van der Waals surface area contributed by atoms with Gasteiger partial charge in [-0.15, -0.1) is 0 Å². The van der Waals surface area contributed by atoms with Gasteiger partial charge in [-0.3, -0.25) is 28.9 Å². The summed E-state index contributed by atoms with van der Waals surface area (Å²) in [6.45, 7) is 12.7. The zero-order valence-corrected chi connectivity index (χ0v) is 29.3. The molecule has 5 atom stereocenters. The predicted octanol–water partition coefficient (Wildman–Crippen LogP) is 2.49. The largest absolute Gasteiger partial charge is 0.350 e. The van der Waals surface area contributed by atoms with Gasteiger partial charge < -0.3 is 25.3 Å². The Hall–Kier alpha value is -3.47. The molecule has 5 amide bonds. The van der Waals surface area contributed by atoms with Crippen molar-refractivity contribution in [3.8, 4) is 0 Å². The number of nitrogens with zero attached hydrogens (tertiary/aromatic N) is 4. The summed E-state index contributed by atoms with van der Waals surface area (Å²) in [4.78, 5) is 75.1. The molecule has 0 bridgehead atoms. The van der Waals surface area contributed by atoms with Crippen LogP contribution in [0.15, 0.2) is 30.3 Å². The second kappa shape index (κ2) is 16.4. The Morgan fingerprint density at radius 2 is 1.35 bits per heavy atom. The average Bonchev–Trinajstić information content (AvgIpc) is 3.68. The van der Waals surface area contributed by atoms with E-state index in [-0.39, 0.29) is 47.3 Å². The van der Waals surface area contributed by atoms with Crippen LogP contribution in [0.25, 0.3) is 0 Å². The first kappa shape index (κ1) is 37.0. The van der Waals surface area contributed by atoms with Crippen LogP contribution in [0.1, 0.15) is 72.8 Å². The molecule has 0 spiro atoms. The van der Waals surface area contributed by atoms with E-state index in [1.165, 1.54) is 4.90 Å². The van der Waals surface area contributed by atoms with Gasteiger partial charge in [0.1, 0.15) is 24.2 Å². The molecule has 0 aliphatic carbocycles. The Bertz CT molecular complexity index is 1210. The molecule has 11 heteroatoms. The van der Waals surface area contributed by atoms with E-state index in [1.54, 1.807) is 16.8 Å². The van der Waals surface area contributed by atoms with Crippen LogP contribution in [0.3, 0.4) is 0 Å². The fraction of sp³-hybridized carbons (Fsp3) is 0.686. The van der Waals surface area contributed by atoms with Crippen LogP contribution in [-0.2, 0) is 30.5 Å². The molecule has 2 aliphatic rings. The number of hydrogen-bond donors (Lipinski definition) is 2. The number of amides is 5. The van der Waals surface area contributed by atoms with Gasteiger partial charge >= 0.3 is 0 Å². The molecular weight excluding hydrogens is 584 g/mol. The lowest BCUT2D eigenvalue weighted by Gasteiger charge is -2.38. The van der Waals surface area contributed by atoms with Crippen molar-refractivity contribution >= 4 is 29.5 Å². The van der Waals surface area contributed by atoms with E-state index < -0.39 is 30.2 Å². The maximum atomic E-state index is 14.2. The normalized spacial score (nSPS) is 20.3. The molecule has 0 radical (unpaired) electrons. The number of hydrogen-bond acceptors (Lipinski definition) is 6. The van der Waals surface area contributed by atoms with Gasteiger partial charge in [0.25, 0.3) is 0 Å². The average molecular weight is 641 g/mol. The molecule has 0 unspecified atom stereocenters. The highest BCUT2D eigenvalue weighted by atomic mass is 16.2. The summed E-state index contributed by atoms with van der Waals surface area (Å²) in [5.41, 5.74) is 0.981. The number of likely N-dealkylation sites (N-methyl/N-ethyl adjacent to an activating group) is 2. The Morgan fingerprint density at radius 3 is 1.89 bits per heavy atom. The van der Waals surface area contributed by atoms with Crippen LogP contribution in [0.5, 0.6) is 0 Å². The maximum Gasteiger partial charge on any atom is 0.246 e. The molecule has 256 valence electrons. The lowest BCUT2D eigenvalue weighted by Crippen LogP contribution is -2.61. The number of benzene rings is 1. The first-order chi connectivity index (χ1) is 21.7. The van der Waals surface area contributed by atoms with Crippen LogP contribution in [0.4, 0.5) is 0 Å². The Morgan fingerprint density at radius 1 is 0.783 bits per heavy atom. The molecule has 2 saturated heterocycles. The molecule has 0 saturated carbocycles. The highest BCUT2D eigenvalue weighted by molar-refractivity contribution is 5.96. The van der Waals surface area contributed by atoms with Crippen LogP contribution in [0.2, 0.25) is 0 Å². The molecule has 3 rings (SSSR count). The lowest BCUT2D eigenvalue weighted by molar-refractivity contribution is -0.153. The second-order valence-corrected chi connectivity index (χ2v) is 14.1. The van der Waals surface area contributed by atoms with E-state index in [4.69, 9.17) is 0 Å². The van der Waals surface area contributed by atoms with E-state index in [0.29, 0.717) is 38.9 Å². The molecule has 2 heterocycles. The van der Waals surface area contributed by atoms with Crippen molar-refractivity contribution < 1.29 is 24.0 Å². The summed E-state index contributed by atoms with van der Waals surface area (Å²) in [5.74, 6) is -1.67. The van der Waals surface area contributed by atoms with Crippen LogP contribution >= 0.6 is 0 Å². The first-order valence-corrected chi connectivity index (χ1v) is 16.8. The Balaban J connectivity index is 1.75. The van der Waals surface area contributed by atoms with E-state index in [9.17, 15) is 24.0 Å². The molecule has 11 nitrogen and oxygen atoms in total. The van der Waals surface area contributed by atoms with Gasteiger partial charge in [-0.1, -0.05) is 71.9 Å². The second-order valence-electron chi connectivity index (χ2n) is 14.1. The highest BCUT2D eigenvalue weighted by Gasteiger charge is 2.45. The number of carbonyl (C=O) groups is 5.